The Bertz CT molecular complexity index is 606. The van der Waals surface area contributed by atoms with E-state index in [9.17, 15) is 4.39 Å². The molecule has 0 spiro atoms. The number of aryl methyl sites for hydroxylation is 1. The number of hydrogen-bond acceptors (Lipinski definition) is 4. The number of unbranched alkanes of at least 4 members (excludes halogenated alkanes) is 1. The van der Waals surface area contributed by atoms with Crippen molar-refractivity contribution >= 4 is 11.6 Å². The first-order valence-electron chi connectivity index (χ1n) is 5.82. The maximum Gasteiger partial charge on any atom is 0.226 e. The minimum absolute atomic E-state index is 0.0789. The lowest BCUT2D eigenvalue weighted by molar-refractivity contribution is 0.371. The second kappa shape index (κ2) is 6.30. The maximum absolute atomic E-state index is 13.7. The third-order valence-corrected chi connectivity index (χ3v) is 2.86. The standard InChI is InChI=1S/C13H11ClFN3O/c14-10-5-3-4-9(13(10)15)8-11-17-12(19-18-11)6-1-2-7-16/h3-5H,1-2,6,8H2. The molecule has 0 saturated carbocycles. The molecule has 98 valence electrons. The third kappa shape index (κ3) is 3.52. The summed E-state index contributed by atoms with van der Waals surface area (Å²) in [5.74, 6) is 0.417. The Morgan fingerprint density at radius 1 is 1.42 bits per heavy atom. The van der Waals surface area contributed by atoms with Gasteiger partial charge in [-0.1, -0.05) is 28.9 Å². The molecule has 2 aromatic rings. The average Bonchev–Trinajstić information content (AvgIpc) is 2.83. The van der Waals surface area contributed by atoms with Crippen LogP contribution in [-0.2, 0) is 12.8 Å². The van der Waals surface area contributed by atoms with Gasteiger partial charge in [0.25, 0.3) is 0 Å². The van der Waals surface area contributed by atoms with E-state index in [2.05, 4.69) is 10.1 Å². The van der Waals surface area contributed by atoms with Gasteiger partial charge in [-0.15, -0.1) is 0 Å². The molecule has 0 radical (unpaired) electrons. The van der Waals surface area contributed by atoms with Crippen LogP contribution in [0.1, 0.15) is 30.1 Å². The first-order chi connectivity index (χ1) is 9.20. The van der Waals surface area contributed by atoms with Crippen LogP contribution in [-0.4, -0.2) is 10.1 Å². The molecule has 1 aromatic heterocycles. The van der Waals surface area contributed by atoms with Gasteiger partial charge in [-0.25, -0.2) is 4.39 Å². The van der Waals surface area contributed by atoms with Gasteiger partial charge in [0.15, 0.2) is 5.82 Å². The van der Waals surface area contributed by atoms with E-state index in [4.69, 9.17) is 21.4 Å². The van der Waals surface area contributed by atoms with Crippen molar-refractivity contribution in [2.75, 3.05) is 0 Å². The molecule has 0 aliphatic rings. The Morgan fingerprint density at radius 2 is 2.26 bits per heavy atom. The molecule has 0 amide bonds. The third-order valence-electron chi connectivity index (χ3n) is 2.57. The molecule has 19 heavy (non-hydrogen) atoms. The zero-order chi connectivity index (χ0) is 13.7. The molecule has 4 nitrogen and oxygen atoms in total. The SMILES string of the molecule is N#CCCCc1nc(Cc2cccc(Cl)c2F)no1. The quantitative estimate of drug-likeness (QED) is 0.788. The maximum atomic E-state index is 13.7. The number of aromatic nitrogens is 2. The van der Waals surface area contributed by atoms with Crippen molar-refractivity contribution in [3.8, 4) is 6.07 Å². The molecule has 6 heteroatoms. The summed E-state index contributed by atoms with van der Waals surface area (Å²) in [5.41, 5.74) is 0.428. The van der Waals surface area contributed by atoms with Crippen molar-refractivity contribution in [1.29, 1.82) is 5.26 Å². The van der Waals surface area contributed by atoms with Gasteiger partial charge in [0.1, 0.15) is 5.82 Å². The smallest absolute Gasteiger partial charge is 0.226 e. The Kier molecular flexibility index (Phi) is 4.48. The predicted octanol–water partition coefficient (Wildman–Crippen LogP) is 3.30. The molecule has 2 rings (SSSR count). The minimum atomic E-state index is -0.458. The topological polar surface area (TPSA) is 62.7 Å². The Balaban J connectivity index is 2.04. The highest BCUT2D eigenvalue weighted by atomic mass is 35.5. The summed E-state index contributed by atoms with van der Waals surface area (Å²) in [6, 6.07) is 6.84. The van der Waals surface area contributed by atoms with Crippen molar-refractivity contribution in [1.82, 2.24) is 10.1 Å². The van der Waals surface area contributed by atoms with Crippen LogP contribution >= 0.6 is 11.6 Å². The molecule has 0 fully saturated rings. The van der Waals surface area contributed by atoms with E-state index in [-0.39, 0.29) is 11.4 Å². The predicted molar refractivity (Wildman–Crippen MR) is 67.1 cm³/mol. The Labute approximate surface area is 114 Å². The molecular formula is C13H11ClFN3O. The van der Waals surface area contributed by atoms with E-state index < -0.39 is 5.82 Å². The van der Waals surface area contributed by atoms with Crippen molar-refractivity contribution in [2.24, 2.45) is 0 Å². The van der Waals surface area contributed by atoms with Crippen LogP contribution in [0.25, 0.3) is 0 Å². The molecule has 1 heterocycles. The second-order valence-electron chi connectivity index (χ2n) is 4.01. The van der Waals surface area contributed by atoms with E-state index in [1.165, 1.54) is 6.07 Å². The van der Waals surface area contributed by atoms with Gasteiger partial charge >= 0.3 is 0 Å². The summed E-state index contributed by atoms with van der Waals surface area (Å²) < 4.78 is 18.7. The molecule has 0 bridgehead atoms. The zero-order valence-corrected chi connectivity index (χ0v) is 10.8. The summed E-state index contributed by atoms with van der Waals surface area (Å²) >= 11 is 5.70. The summed E-state index contributed by atoms with van der Waals surface area (Å²) in [6.07, 6.45) is 1.90. The van der Waals surface area contributed by atoms with E-state index >= 15 is 0 Å². The van der Waals surface area contributed by atoms with Crippen LogP contribution in [0.5, 0.6) is 0 Å². The minimum Gasteiger partial charge on any atom is -0.339 e. The molecule has 0 unspecified atom stereocenters. The Morgan fingerprint density at radius 3 is 3.05 bits per heavy atom. The van der Waals surface area contributed by atoms with Gasteiger partial charge in [-0.3, -0.25) is 0 Å². The molecule has 0 aliphatic carbocycles. The Hall–Kier alpha value is -1.93. The van der Waals surface area contributed by atoms with Gasteiger partial charge in [-0.05, 0) is 18.1 Å². The summed E-state index contributed by atoms with van der Waals surface area (Å²) in [4.78, 5) is 4.15. The van der Waals surface area contributed by atoms with Crippen LogP contribution in [0.2, 0.25) is 5.02 Å². The van der Waals surface area contributed by atoms with E-state index in [0.717, 1.165) is 0 Å². The first kappa shape index (κ1) is 13.5. The van der Waals surface area contributed by atoms with Gasteiger partial charge in [0.05, 0.1) is 11.1 Å². The second-order valence-corrected chi connectivity index (χ2v) is 4.41. The summed E-state index contributed by atoms with van der Waals surface area (Å²) in [5, 5.41) is 12.3. The monoisotopic (exact) mass is 279 g/mol. The highest BCUT2D eigenvalue weighted by Gasteiger charge is 2.11. The van der Waals surface area contributed by atoms with Crippen LogP contribution in [0, 0.1) is 17.1 Å². The largest absolute Gasteiger partial charge is 0.339 e. The molecule has 0 aliphatic heterocycles. The van der Waals surface area contributed by atoms with Gasteiger partial charge in [0.2, 0.25) is 5.89 Å². The van der Waals surface area contributed by atoms with Crippen molar-refractivity contribution in [2.45, 2.75) is 25.7 Å². The number of halogens is 2. The molecule has 1 aromatic carbocycles. The van der Waals surface area contributed by atoms with Crippen LogP contribution in [0.15, 0.2) is 22.7 Å². The lowest BCUT2D eigenvalue weighted by Crippen LogP contribution is -1.95. The number of nitriles is 1. The molecular weight excluding hydrogens is 269 g/mol. The highest BCUT2D eigenvalue weighted by Crippen LogP contribution is 2.19. The highest BCUT2D eigenvalue weighted by molar-refractivity contribution is 6.30. The fourth-order valence-electron chi connectivity index (χ4n) is 1.64. The molecule has 0 atom stereocenters. The summed E-state index contributed by atoms with van der Waals surface area (Å²) in [6.45, 7) is 0. The van der Waals surface area contributed by atoms with Crippen LogP contribution in [0.4, 0.5) is 4.39 Å². The lowest BCUT2D eigenvalue weighted by atomic mass is 10.1. The zero-order valence-electron chi connectivity index (χ0n) is 10.1. The van der Waals surface area contributed by atoms with Crippen molar-refractivity contribution in [3.05, 3.63) is 46.3 Å². The fourth-order valence-corrected chi connectivity index (χ4v) is 1.83. The summed E-state index contributed by atoms with van der Waals surface area (Å²) in [7, 11) is 0. The number of benzene rings is 1. The van der Waals surface area contributed by atoms with E-state index in [1.807, 2.05) is 6.07 Å². The average molecular weight is 280 g/mol. The number of nitrogens with zero attached hydrogens (tertiary/aromatic N) is 3. The van der Waals surface area contributed by atoms with Crippen molar-refractivity contribution in [3.63, 3.8) is 0 Å². The normalized spacial score (nSPS) is 10.4. The number of hydrogen-bond donors (Lipinski definition) is 0. The van der Waals surface area contributed by atoms with Gasteiger partial charge in [0, 0.05) is 19.3 Å². The molecule has 0 saturated heterocycles. The van der Waals surface area contributed by atoms with Gasteiger partial charge in [-0.2, -0.15) is 10.2 Å². The van der Waals surface area contributed by atoms with Crippen LogP contribution < -0.4 is 0 Å². The van der Waals surface area contributed by atoms with Gasteiger partial charge < -0.3 is 4.52 Å². The van der Waals surface area contributed by atoms with E-state index in [1.54, 1.807) is 12.1 Å². The van der Waals surface area contributed by atoms with E-state index in [0.29, 0.717) is 36.5 Å². The number of rotatable bonds is 5. The van der Waals surface area contributed by atoms with Crippen molar-refractivity contribution < 1.29 is 8.91 Å². The first-order valence-corrected chi connectivity index (χ1v) is 6.20. The molecule has 0 N–H and O–H groups in total. The lowest BCUT2D eigenvalue weighted by Gasteiger charge is -2.00. The van der Waals surface area contributed by atoms with Crippen LogP contribution in [0.3, 0.4) is 0 Å². The fraction of sp³-hybridized carbons (Fsp3) is 0.308.